The molecule has 1 heterocycles. The molecule has 0 saturated carbocycles. The number of para-hydroxylation sites is 1. The Labute approximate surface area is 115 Å². The summed E-state index contributed by atoms with van der Waals surface area (Å²) in [5.41, 5.74) is 1.58. The van der Waals surface area contributed by atoms with Gasteiger partial charge >= 0.3 is 0 Å². The quantitative estimate of drug-likeness (QED) is 0.858. The van der Waals surface area contributed by atoms with Crippen molar-refractivity contribution in [1.29, 1.82) is 5.26 Å². The lowest BCUT2D eigenvalue weighted by atomic mass is 9.93. The topological polar surface area (TPSA) is 70.3 Å². The van der Waals surface area contributed by atoms with Crippen molar-refractivity contribution >= 4 is 5.78 Å². The zero-order valence-corrected chi connectivity index (χ0v) is 10.5. The second kappa shape index (κ2) is 4.80. The third kappa shape index (κ3) is 1.94. The number of carbonyl (C=O) groups is 1. The van der Waals surface area contributed by atoms with Gasteiger partial charge in [0, 0.05) is 0 Å². The Morgan fingerprint density at radius 3 is 2.50 bits per heavy atom. The van der Waals surface area contributed by atoms with Crippen LogP contribution in [0, 0.1) is 11.3 Å². The summed E-state index contributed by atoms with van der Waals surface area (Å²) in [6, 6.07) is 15.5. The molecule has 0 saturated heterocycles. The van der Waals surface area contributed by atoms with E-state index in [0.29, 0.717) is 22.4 Å². The number of nitrogens with zero attached hydrogens (tertiary/aromatic N) is 1. The fraction of sp³-hybridized carbons (Fsp3) is 0.125. The normalized spacial score (nSPS) is 20.7. The largest absolute Gasteiger partial charge is 0.482 e. The first-order chi connectivity index (χ1) is 9.70. The third-order valence-electron chi connectivity index (χ3n) is 3.33. The van der Waals surface area contributed by atoms with E-state index in [1.165, 1.54) is 0 Å². The molecule has 0 bridgehead atoms. The van der Waals surface area contributed by atoms with Gasteiger partial charge < -0.3 is 9.84 Å². The molecule has 4 heteroatoms. The molecule has 98 valence electrons. The lowest BCUT2D eigenvalue weighted by Gasteiger charge is -2.29. The molecule has 0 radical (unpaired) electrons. The Hall–Kier alpha value is -2.64. The third-order valence-corrected chi connectivity index (χ3v) is 3.33. The lowest BCUT2D eigenvalue weighted by Crippen LogP contribution is -2.36. The van der Waals surface area contributed by atoms with Gasteiger partial charge in [-0.2, -0.15) is 5.26 Å². The van der Waals surface area contributed by atoms with Crippen molar-refractivity contribution in [1.82, 2.24) is 0 Å². The molecule has 1 N–H and O–H groups in total. The average molecular weight is 265 g/mol. The summed E-state index contributed by atoms with van der Waals surface area (Å²) in [6.07, 6.45) is -1.98. The molecule has 2 atom stereocenters. The zero-order chi connectivity index (χ0) is 14.1. The van der Waals surface area contributed by atoms with E-state index in [1.54, 1.807) is 48.5 Å². The molecule has 1 aliphatic heterocycles. The number of Topliss-reactive ketones (excluding diaryl/α,β-unsaturated/α-hetero) is 1. The second-order valence-corrected chi connectivity index (χ2v) is 4.58. The summed E-state index contributed by atoms with van der Waals surface area (Å²) >= 11 is 0. The molecule has 0 spiro atoms. The van der Waals surface area contributed by atoms with Crippen molar-refractivity contribution < 1.29 is 14.6 Å². The van der Waals surface area contributed by atoms with Crippen molar-refractivity contribution in [3.05, 3.63) is 65.2 Å². The van der Waals surface area contributed by atoms with Crippen LogP contribution in [0.2, 0.25) is 0 Å². The number of hydrogen-bond donors (Lipinski definition) is 1. The number of nitriles is 1. The van der Waals surface area contributed by atoms with Gasteiger partial charge in [-0.05, 0) is 29.8 Å². The summed E-state index contributed by atoms with van der Waals surface area (Å²) < 4.78 is 5.72. The number of carbonyl (C=O) groups excluding carboxylic acids is 1. The van der Waals surface area contributed by atoms with Gasteiger partial charge in [0.25, 0.3) is 0 Å². The molecule has 1 aliphatic rings. The molecular weight excluding hydrogens is 254 g/mol. The lowest BCUT2D eigenvalue weighted by molar-refractivity contribution is 0.0216. The maximum Gasteiger partial charge on any atom is 0.199 e. The summed E-state index contributed by atoms with van der Waals surface area (Å²) in [7, 11) is 0. The molecule has 2 aromatic rings. The molecule has 0 fully saturated rings. The molecule has 0 unspecified atom stereocenters. The maximum absolute atomic E-state index is 12.1. The smallest absolute Gasteiger partial charge is 0.199 e. The molecular formula is C16H11NO3. The Morgan fingerprint density at radius 1 is 1.10 bits per heavy atom. The molecule has 3 rings (SSSR count). The molecule has 0 aromatic heterocycles. The highest BCUT2D eigenvalue weighted by atomic mass is 16.5. The molecule has 20 heavy (non-hydrogen) atoms. The van der Waals surface area contributed by atoms with Crippen molar-refractivity contribution in [2.45, 2.75) is 12.2 Å². The van der Waals surface area contributed by atoms with Crippen LogP contribution in [0.5, 0.6) is 5.75 Å². The molecule has 0 amide bonds. The highest BCUT2D eigenvalue weighted by Gasteiger charge is 2.36. The van der Waals surface area contributed by atoms with Crippen molar-refractivity contribution in [3.63, 3.8) is 0 Å². The highest BCUT2D eigenvalue weighted by Crippen LogP contribution is 2.34. The number of benzene rings is 2. The van der Waals surface area contributed by atoms with E-state index < -0.39 is 12.2 Å². The van der Waals surface area contributed by atoms with Gasteiger partial charge in [0.05, 0.1) is 17.2 Å². The van der Waals surface area contributed by atoms with Crippen LogP contribution in [0.15, 0.2) is 48.5 Å². The number of aliphatic hydroxyl groups is 1. The minimum absolute atomic E-state index is 0.346. The van der Waals surface area contributed by atoms with E-state index in [2.05, 4.69) is 0 Å². The van der Waals surface area contributed by atoms with Crippen molar-refractivity contribution in [2.75, 3.05) is 0 Å². The summed E-state index contributed by atoms with van der Waals surface area (Å²) in [6.45, 7) is 0. The van der Waals surface area contributed by atoms with Crippen LogP contribution < -0.4 is 4.74 Å². The van der Waals surface area contributed by atoms with Crippen LogP contribution in [0.25, 0.3) is 0 Å². The number of fused-ring (bicyclic) bond motifs is 1. The predicted molar refractivity (Wildman–Crippen MR) is 71.3 cm³/mol. The summed E-state index contributed by atoms with van der Waals surface area (Å²) in [5.74, 6) is 0.123. The van der Waals surface area contributed by atoms with E-state index in [4.69, 9.17) is 10.00 Å². The van der Waals surface area contributed by atoms with E-state index in [0.717, 1.165) is 0 Å². The zero-order valence-electron chi connectivity index (χ0n) is 10.5. The molecule has 2 aromatic carbocycles. The summed E-state index contributed by atoms with van der Waals surface area (Å²) in [5, 5.41) is 18.9. The van der Waals surface area contributed by atoms with E-state index in [-0.39, 0.29) is 5.78 Å². The van der Waals surface area contributed by atoms with E-state index in [1.807, 2.05) is 6.07 Å². The van der Waals surface area contributed by atoms with Gasteiger partial charge in [0.15, 0.2) is 18.0 Å². The van der Waals surface area contributed by atoms with Gasteiger partial charge in [-0.15, -0.1) is 0 Å². The van der Waals surface area contributed by atoms with Gasteiger partial charge in [-0.25, -0.2) is 0 Å². The van der Waals surface area contributed by atoms with Crippen LogP contribution in [0.4, 0.5) is 0 Å². The van der Waals surface area contributed by atoms with Crippen LogP contribution in [-0.4, -0.2) is 17.0 Å². The van der Waals surface area contributed by atoms with Gasteiger partial charge in [0.2, 0.25) is 0 Å². The first-order valence-electron chi connectivity index (χ1n) is 6.19. The van der Waals surface area contributed by atoms with Crippen LogP contribution in [-0.2, 0) is 0 Å². The van der Waals surface area contributed by atoms with Crippen molar-refractivity contribution in [2.24, 2.45) is 0 Å². The predicted octanol–water partition coefficient (Wildman–Crippen LogP) is 2.24. The Morgan fingerprint density at radius 2 is 1.80 bits per heavy atom. The van der Waals surface area contributed by atoms with Crippen LogP contribution in [0.1, 0.15) is 27.6 Å². The molecule has 4 nitrogen and oxygen atoms in total. The number of ketones is 1. The number of hydrogen-bond acceptors (Lipinski definition) is 4. The Bertz CT molecular complexity index is 700. The molecule has 0 aliphatic carbocycles. The van der Waals surface area contributed by atoms with Crippen molar-refractivity contribution in [3.8, 4) is 11.8 Å². The van der Waals surface area contributed by atoms with Crippen LogP contribution >= 0.6 is 0 Å². The van der Waals surface area contributed by atoms with E-state index in [9.17, 15) is 9.90 Å². The van der Waals surface area contributed by atoms with Gasteiger partial charge in [-0.1, -0.05) is 24.3 Å². The number of aliphatic hydroxyl groups excluding tert-OH is 1. The minimum Gasteiger partial charge on any atom is -0.482 e. The van der Waals surface area contributed by atoms with Gasteiger partial charge in [0.1, 0.15) is 5.75 Å². The fourth-order valence-corrected chi connectivity index (χ4v) is 2.27. The Kier molecular flexibility index (Phi) is 2.97. The van der Waals surface area contributed by atoms with Gasteiger partial charge in [-0.3, -0.25) is 4.79 Å². The Balaban J connectivity index is 1.99. The number of ether oxygens (including phenoxy) is 1. The minimum atomic E-state index is -1.24. The second-order valence-electron chi connectivity index (χ2n) is 4.58. The van der Waals surface area contributed by atoms with Crippen LogP contribution in [0.3, 0.4) is 0 Å². The first-order valence-corrected chi connectivity index (χ1v) is 6.19. The summed E-state index contributed by atoms with van der Waals surface area (Å²) in [4.78, 5) is 12.1. The standard InChI is InChI=1S/C16H11NO3/c17-9-10-5-7-11(8-6-10)16-15(19)14(18)12-3-1-2-4-13(12)20-16/h1-8,15-16,19H/t15-,16+/m0/s1. The highest BCUT2D eigenvalue weighted by molar-refractivity contribution is 6.03. The first kappa shape index (κ1) is 12.4. The fourth-order valence-electron chi connectivity index (χ4n) is 2.27. The number of rotatable bonds is 1. The average Bonchev–Trinajstić information content (AvgIpc) is 2.51. The van der Waals surface area contributed by atoms with E-state index >= 15 is 0 Å². The monoisotopic (exact) mass is 265 g/mol. The SMILES string of the molecule is N#Cc1ccc([C@H]2Oc3ccccc3C(=O)[C@@H]2O)cc1. The maximum atomic E-state index is 12.1.